The standard InChI is InChI=1S/C28H34ClN3O4S/c1-4-6-17-30-28(34)26(5-2)32(19-21-11-14-24(29)15-12-21)27(33)20-31(3)37(35,36)25-16-13-22-9-7-8-10-23(22)18-25/h7-16,18,26H,4-6,17,19-20H2,1-3H3,(H,30,34)/t26-/m0/s1. The van der Waals surface area contributed by atoms with Gasteiger partial charge in [0.1, 0.15) is 6.04 Å². The summed E-state index contributed by atoms with van der Waals surface area (Å²) in [5, 5.41) is 5.19. The van der Waals surface area contributed by atoms with E-state index in [0.29, 0.717) is 18.0 Å². The number of rotatable bonds is 12. The van der Waals surface area contributed by atoms with Gasteiger partial charge >= 0.3 is 0 Å². The third-order valence-corrected chi connectivity index (χ3v) is 8.32. The van der Waals surface area contributed by atoms with Gasteiger partial charge in [0.15, 0.2) is 0 Å². The lowest BCUT2D eigenvalue weighted by Gasteiger charge is -2.32. The molecule has 3 aromatic carbocycles. The van der Waals surface area contributed by atoms with Crippen LogP contribution < -0.4 is 5.32 Å². The van der Waals surface area contributed by atoms with Crippen molar-refractivity contribution in [3.8, 4) is 0 Å². The van der Waals surface area contributed by atoms with Gasteiger partial charge in [-0.15, -0.1) is 0 Å². The summed E-state index contributed by atoms with van der Waals surface area (Å²) in [5.74, 6) is -0.711. The topological polar surface area (TPSA) is 86.8 Å². The fourth-order valence-corrected chi connectivity index (χ4v) is 5.37. The van der Waals surface area contributed by atoms with Crippen LogP contribution in [0.1, 0.15) is 38.7 Å². The Kier molecular flexibility index (Phi) is 10.1. The van der Waals surface area contributed by atoms with Gasteiger partial charge in [-0.25, -0.2) is 8.42 Å². The lowest BCUT2D eigenvalue weighted by Crippen LogP contribution is -2.51. The lowest BCUT2D eigenvalue weighted by atomic mass is 10.1. The van der Waals surface area contributed by atoms with Crippen molar-refractivity contribution < 1.29 is 18.0 Å². The van der Waals surface area contributed by atoms with Crippen LogP contribution in [0.3, 0.4) is 0 Å². The van der Waals surface area contributed by atoms with Crippen molar-refractivity contribution in [2.45, 2.75) is 50.6 Å². The second-order valence-electron chi connectivity index (χ2n) is 8.99. The van der Waals surface area contributed by atoms with Gasteiger partial charge in [0, 0.05) is 25.2 Å². The van der Waals surface area contributed by atoms with Crippen LogP contribution in [-0.2, 0) is 26.2 Å². The zero-order valence-electron chi connectivity index (χ0n) is 21.5. The predicted molar refractivity (Wildman–Crippen MR) is 148 cm³/mol. The number of halogens is 1. The van der Waals surface area contributed by atoms with Crippen molar-refractivity contribution in [2.24, 2.45) is 0 Å². The molecule has 3 rings (SSSR count). The molecule has 2 amide bonds. The highest BCUT2D eigenvalue weighted by Gasteiger charge is 2.31. The van der Waals surface area contributed by atoms with Crippen molar-refractivity contribution in [2.75, 3.05) is 20.1 Å². The molecule has 0 aliphatic carbocycles. The number of carbonyl (C=O) groups excluding carboxylic acids is 2. The third-order valence-electron chi connectivity index (χ3n) is 6.27. The first kappa shape index (κ1) is 28.6. The zero-order chi connectivity index (χ0) is 27.0. The minimum atomic E-state index is -3.94. The molecule has 0 saturated carbocycles. The minimum absolute atomic E-state index is 0.107. The number of amides is 2. The van der Waals surface area contributed by atoms with E-state index in [4.69, 9.17) is 11.6 Å². The molecule has 1 N–H and O–H groups in total. The summed E-state index contributed by atoms with van der Waals surface area (Å²) in [5.41, 5.74) is 0.789. The molecule has 0 bridgehead atoms. The van der Waals surface area contributed by atoms with Crippen molar-refractivity contribution in [3.05, 3.63) is 77.3 Å². The first-order chi connectivity index (χ1) is 17.7. The number of carbonyl (C=O) groups is 2. The summed E-state index contributed by atoms with van der Waals surface area (Å²) in [6, 6.07) is 18.7. The molecular formula is C28H34ClN3O4S. The molecule has 37 heavy (non-hydrogen) atoms. The third kappa shape index (κ3) is 7.31. The van der Waals surface area contributed by atoms with E-state index in [1.54, 1.807) is 42.5 Å². The van der Waals surface area contributed by atoms with E-state index in [1.807, 2.05) is 38.1 Å². The van der Waals surface area contributed by atoms with Gasteiger partial charge in [-0.2, -0.15) is 4.31 Å². The Labute approximate surface area is 224 Å². The Hall–Kier alpha value is -2.94. The fourth-order valence-electron chi connectivity index (χ4n) is 4.09. The van der Waals surface area contributed by atoms with E-state index in [2.05, 4.69) is 5.32 Å². The van der Waals surface area contributed by atoms with E-state index < -0.39 is 28.5 Å². The Morgan fingerprint density at radius 1 is 0.973 bits per heavy atom. The van der Waals surface area contributed by atoms with Crippen LogP contribution in [0.5, 0.6) is 0 Å². The summed E-state index contributed by atoms with van der Waals surface area (Å²) < 4.78 is 27.7. The molecule has 7 nitrogen and oxygen atoms in total. The number of nitrogens with one attached hydrogen (secondary N) is 1. The molecule has 0 aliphatic heterocycles. The van der Waals surface area contributed by atoms with E-state index in [1.165, 1.54) is 11.9 Å². The quantitative estimate of drug-likeness (QED) is 0.331. The van der Waals surface area contributed by atoms with Crippen LogP contribution in [-0.4, -0.2) is 55.6 Å². The predicted octanol–water partition coefficient (Wildman–Crippen LogP) is 4.84. The average molecular weight is 544 g/mol. The summed E-state index contributed by atoms with van der Waals surface area (Å²) >= 11 is 6.02. The maximum absolute atomic E-state index is 13.6. The number of benzene rings is 3. The van der Waals surface area contributed by atoms with Gasteiger partial charge in [-0.05, 0) is 53.4 Å². The largest absolute Gasteiger partial charge is 0.354 e. The summed E-state index contributed by atoms with van der Waals surface area (Å²) in [6.07, 6.45) is 2.15. The van der Waals surface area contributed by atoms with Crippen LogP contribution in [0, 0.1) is 0 Å². The van der Waals surface area contributed by atoms with Crippen LogP contribution in [0.2, 0.25) is 5.02 Å². The Bertz CT molecular complexity index is 1330. The summed E-state index contributed by atoms with van der Waals surface area (Å²) in [6.45, 7) is 4.14. The molecule has 3 aromatic rings. The van der Waals surface area contributed by atoms with Crippen LogP contribution in [0.25, 0.3) is 10.8 Å². The second kappa shape index (κ2) is 13.0. The molecular weight excluding hydrogens is 510 g/mol. The van der Waals surface area contributed by atoms with E-state index in [-0.39, 0.29) is 17.3 Å². The van der Waals surface area contributed by atoms with E-state index in [0.717, 1.165) is 33.5 Å². The van der Waals surface area contributed by atoms with Crippen LogP contribution in [0.15, 0.2) is 71.6 Å². The molecule has 0 radical (unpaired) electrons. The van der Waals surface area contributed by atoms with Crippen molar-refractivity contribution in [3.63, 3.8) is 0 Å². The zero-order valence-corrected chi connectivity index (χ0v) is 23.1. The average Bonchev–Trinajstić information content (AvgIpc) is 2.89. The van der Waals surface area contributed by atoms with E-state index in [9.17, 15) is 18.0 Å². The van der Waals surface area contributed by atoms with Gasteiger partial charge < -0.3 is 10.2 Å². The first-order valence-corrected chi connectivity index (χ1v) is 14.3. The molecule has 0 aliphatic rings. The highest BCUT2D eigenvalue weighted by Crippen LogP contribution is 2.22. The Balaban J connectivity index is 1.85. The fraction of sp³-hybridized carbons (Fsp3) is 0.357. The van der Waals surface area contributed by atoms with E-state index >= 15 is 0 Å². The molecule has 0 saturated heterocycles. The van der Waals surface area contributed by atoms with Crippen molar-refractivity contribution in [1.82, 2.24) is 14.5 Å². The molecule has 9 heteroatoms. The molecule has 1 atom stereocenters. The summed E-state index contributed by atoms with van der Waals surface area (Å²) in [7, 11) is -2.56. The maximum Gasteiger partial charge on any atom is 0.243 e. The van der Waals surface area contributed by atoms with Crippen LogP contribution in [0.4, 0.5) is 0 Å². The number of unbranched alkanes of at least 4 members (excludes halogenated alkanes) is 1. The molecule has 0 spiro atoms. The second-order valence-corrected chi connectivity index (χ2v) is 11.5. The molecule has 198 valence electrons. The molecule has 0 fully saturated rings. The van der Waals surface area contributed by atoms with Gasteiger partial charge in [0.05, 0.1) is 11.4 Å². The summed E-state index contributed by atoms with van der Waals surface area (Å²) in [4.78, 5) is 28.1. The van der Waals surface area contributed by atoms with Gasteiger partial charge in [0.25, 0.3) is 0 Å². The number of nitrogens with zero attached hydrogens (tertiary/aromatic N) is 2. The van der Waals surface area contributed by atoms with Gasteiger partial charge in [0.2, 0.25) is 21.8 Å². The smallest absolute Gasteiger partial charge is 0.243 e. The van der Waals surface area contributed by atoms with Gasteiger partial charge in [-0.1, -0.05) is 74.3 Å². The Morgan fingerprint density at radius 3 is 2.30 bits per heavy atom. The molecule has 0 heterocycles. The lowest BCUT2D eigenvalue weighted by molar-refractivity contribution is -0.141. The number of hydrogen-bond acceptors (Lipinski definition) is 4. The van der Waals surface area contributed by atoms with Crippen molar-refractivity contribution in [1.29, 1.82) is 0 Å². The normalized spacial score (nSPS) is 12.5. The molecule has 0 unspecified atom stereocenters. The number of sulfonamides is 1. The monoisotopic (exact) mass is 543 g/mol. The highest BCUT2D eigenvalue weighted by atomic mass is 35.5. The number of fused-ring (bicyclic) bond motifs is 1. The number of hydrogen-bond donors (Lipinski definition) is 1. The minimum Gasteiger partial charge on any atom is -0.354 e. The Morgan fingerprint density at radius 2 is 1.65 bits per heavy atom. The van der Waals surface area contributed by atoms with Crippen molar-refractivity contribution >= 4 is 44.2 Å². The van der Waals surface area contributed by atoms with Crippen LogP contribution >= 0.6 is 11.6 Å². The highest BCUT2D eigenvalue weighted by molar-refractivity contribution is 7.89. The maximum atomic E-state index is 13.6. The SMILES string of the molecule is CCCCNC(=O)[C@H](CC)N(Cc1ccc(Cl)cc1)C(=O)CN(C)S(=O)(=O)c1ccc2ccccc2c1. The number of likely N-dealkylation sites (N-methyl/N-ethyl adjacent to an activating group) is 1. The first-order valence-electron chi connectivity index (χ1n) is 12.4. The molecule has 0 aromatic heterocycles. The van der Waals surface area contributed by atoms with Gasteiger partial charge in [-0.3, -0.25) is 9.59 Å².